The molecule has 6 rings (SSSR count). The van der Waals surface area contributed by atoms with Gasteiger partial charge in [0.2, 0.25) is 11.8 Å². The van der Waals surface area contributed by atoms with E-state index >= 15 is 0 Å². The Bertz CT molecular complexity index is 1700. The first-order chi connectivity index (χ1) is 20.5. The average Bonchev–Trinajstić information content (AvgIpc) is 3.17. The van der Waals surface area contributed by atoms with Crippen LogP contribution in [-0.4, -0.2) is 58.4 Å². The molecule has 12 heteroatoms. The van der Waals surface area contributed by atoms with Gasteiger partial charge >= 0.3 is 6.18 Å². The molecule has 2 amide bonds. The number of amides is 2. The van der Waals surface area contributed by atoms with E-state index in [0.717, 1.165) is 34.0 Å². The largest absolute Gasteiger partial charge is 0.439 e. The van der Waals surface area contributed by atoms with Crippen LogP contribution in [0, 0.1) is 12.8 Å². The van der Waals surface area contributed by atoms with Gasteiger partial charge in [0.15, 0.2) is 0 Å². The Morgan fingerprint density at radius 2 is 1.95 bits per heavy atom. The summed E-state index contributed by atoms with van der Waals surface area (Å²) in [5.41, 5.74) is 7.76. The van der Waals surface area contributed by atoms with Gasteiger partial charge in [-0.2, -0.15) is 13.2 Å². The number of aliphatic imine (C=N–C) groups is 1. The number of carbonyl (C=O) groups excluding carboxylic acids is 2. The van der Waals surface area contributed by atoms with Crippen molar-refractivity contribution in [3.8, 4) is 11.6 Å². The number of alkyl halides is 3. The van der Waals surface area contributed by atoms with Gasteiger partial charge in [0.05, 0.1) is 12.5 Å². The lowest BCUT2D eigenvalue weighted by molar-refractivity contribution is -0.169. The summed E-state index contributed by atoms with van der Waals surface area (Å²) in [5.74, 6) is -0.481. The summed E-state index contributed by atoms with van der Waals surface area (Å²) in [5, 5.41) is 3.30. The summed E-state index contributed by atoms with van der Waals surface area (Å²) < 4.78 is 46.4. The second kappa shape index (κ2) is 10.6. The van der Waals surface area contributed by atoms with Crippen LogP contribution < -0.4 is 15.5 Å². The third-order valence-electron chi connectivity index (χ3n) is 7.54. The molecule has 3 aliphatic rings. The highest BCUT2D eigenvalue weighted by Gasteiger charge is 2.53. The molecule has 1 saturated heterocycles. The minimum absolute atomic E-state index is 0.153. The Balaban J connectivity index is 1.47. The van der Waals surface area contributed by atoms with E-state index in [1.165, 1.54) is 0 Å². The number of hydrazine groups is 1. The van der Waals surface area contributed by atoms with Crippen LogP contribution in [-0.2, 0) is 16.1 Å². The molecule has 1 fully saturated rings. The SMILES string of the molecule is C=CC(=O)Nc1ccc(C2=C3c4ccc(Oc5cccc(C)n5)cc4CN=C4NN(CC(F)(F)F)C(=O)C(C43)N2C)cc1. The molecule has 2 unspecified atom stereocenters. The van der Waals surface area contributed by atoms with Crippen molar-refractivity contribution in [2.75, 3.05) is 18.9 Å². The van der Waals surface area contributed by atoms with Crippen LogP contribution in [0.3, 0.4) is 0 Å². The lowest BCUT2D eigenvalue weighted by Gasteiger charge is -2.39. The van der Waals surface area contributed by atoms with Gasteiger partial charge < -0.3 is 15.0 Å². The fraction of sp³-hybridized carbons (Fsp3) is 0.226. The number of amidine groups is 1. The van der Waals surface area contributed by atoms with E-state index in [1.807, 2.05) is 31.2 Å². The van der Waals surface area contributed by atoms with Gasteiger partial charge in [-0.15, -0.1) is 0 Å². The minimum Gasteiger partial charge on any atom is -0.439 e. The van der Waals surface area contributed by atoms with Gasteiger partial charge in [0, 0.05) is 30.2 Å². The van der Waals surface area contributed by atoms with Crippen molar-refractivity contribution < 1.29 is 27.5 Å². The van der Waals surface area contributed by atoms with Crippen LogP contribution >= 0.6 is 0 Å². The number of benzene rings is 2. The molecular formula is C31H27F3N6O3. The molecule has 2 aromatic carbocycles. The van der Waals surface area contributed by atoms with E-state index in [0.29, 0.717) is 28.0 Å². The van der Waals surface area contributed by atoms with Crippen LogP contribution in [0.1, 0.15) is 22.4 Å². The first-order valence-corrected chi connectivity index (χ1v) is 13.5. The molecule has 3 aromatic rings. The van der Waals surface area contributed by atoms with Crippen molar-refractivity contribution in [2.24, 2.45) is 10.9 Å². The molecule has 0 aliphatic carbocycles. The topological polar surface area (TPSA) is 99.2 Å². The first kappa shape index (κ1) is 28.0. The van der Waals surface area contributed by atoms with Crippen molar-refractivity contribution in [1.82, 2.24) is 20.3 Å². The summed E-state index contributed by atoms with van der Waals surface area (Å²) in [7, 11) is 1.70. The second-order valence-electron chi connectivity index (χ2n) is 10.5. The van der Waals surface area contributed by atoms with Crippen molar-refractivity contribution in [3.05, 3.63) is 95.7 Å². The number of anilines is 1. The lowest BCUT2D eigenvalue weighted by Crippen LogP contribution is -2.64. The third kappa shape index (κ3) is 5.31. The number of hydrogen-bond donors (Lipinski definition) is 2. The number of halogens is 3. The van der Waals surface area contributed by atoms with Gasteiger partial charge in [-0.1, -0.05) is 30.8 Å². The highest BCUT2D eigenvalue weighted by atomic mass is 19.4. The molecule has 3 aliphatic heterocycles. The molecule has 2 atom stereocenters. The predicted octanol–water partition coefficient (Wildman–Crippen LogP) is 4.93. The lowest BCUT2D eigenvalue weighted by atomic mass is 9.84. The molecule has 220 valence electrons. The summed E-state index contributed by atoms with van der Waals surface area (Å²) in [6.45, 7) is 4.01. The van der Waals surface area contributed by atoms with E-state index in [9.17, 15) is 22.8 Å². The zero-order valence-electron chi connectivity index (χ0n) is 23.3. The fourth-order valence-electron chi connectivity index (χ4n) is 5.76. The molecule has 43 heavy (non-hydrogen) atoms. The summed E-state index contributed by atoms with van der Waals surface area (Å²) in [4.78, 5) is 36.1. The van der Waals surface area contributed by atoms with Crippen LogP contribution in [0.5, 0.6) is 11.6 Å². The molecule has 1 aromatic heterocycles. The normalized spacial score (nSPS) is 19.2. The van der Waals surface area contributed by atoms with Gasteiger partial charge in [0.1, 0.15) is 24.2 Å². The number of ether oxygens (including phenoxy) is 1. The third-order valence-corrected chi connectivity index (χ3v) is 7.54. The monoisotopic (exact) mass is 588 g/mol. The number of nitrogens with zero attached hydrogens (tertiary/aromatic N) is 4. The standard InChI is InChI=1S/C31H27F3N6O3/c1-4-23(41)37-20-10-8-18(9-11-20)27-25-22-13-12-21(43-24-7-5-6-17(2)36-24)14-19(22)15-35-29-26(25)28(39(27)3)30(42)40(38-29)16-31(32,33)34/h4-14,26,28H,1,15-16H2,2-3H3,(H,35,38)(H,37,41). The maximum absolute atomic E-state index is 13.6. The number of carbonyl (C=O) groups is 2. The number of nitrogens with one attached hydrogen (secondary N) is 2. The Morgan fingerprint density at radius 1 is 1.19 bits per heavy atom. The quantitative estimate of drug-likeness (QED) is 0.397. The number of rotatable bonds is 6. The van der Waals surface area contributed by atoms with Crippen molar-refractivity contribution in [2.45, 2.75) is 25.7 Å². The van der Waals surface area contributed by atoms with Crippen LogP contribution in [0.25, 0.3) is 11.3 Å². The number of aryl methyl sites for hydroxylation is 1. The smallest absolute Gasteiger partial charge is 0.408 e. The Morgan fingerprint density at radius 3 is 2.65 bits per heavy atom. The Labute approximate surface area is 245 Å². The van der Waals surface area contributed by atoms with Crippen LogP contribution in [0.4, 0.5) is 18.9 Å². The first-order valence-electron chi connectivity index (χ1n) is 13.5. The molecule has 4 heterocycles. The Kier molecular flexibility index (Phi) is 6.91. The summed E-state index contributed by atoms with van der Waals surface area (Å²) >= 11 is 0. The average molecular weight is 589 g/mol. The van der Waals surface area contributed by atoms with Gasteiger partial charge in [-0.05, 0) is 65.6 Å². The molecule has 0 spiro atoms. The molecule has 9 nitrogen and oxygen atoms in total. The Hall–Kier alpha value is -5.13. The van der Waals surface area contributed by atoms with E-state index in [1.54, 1.807) is 48.3 Å². The molecular weight excluding hydrogens is 561 g/mol. The van der Waals surface area contributed by atoms with Crippen molar-refractivity contribution >= 4 is 34.6 Å². The summed E-state index contributed by atoms with van der Waals surface area (Å²) in [6, 6.07) is 17.0. The minimum atomic E-state index is -4.61. The van der Waals surface area contributed by atoms with E-state index in [2.05, 4.69) is 27.3 Å². The maximum Gasteiger partial charge on any atom is 0.408 e. The molecule has 0 bridgehead atoms. The van der Waals surface area contributed by atoms with Gasteiger partial charge in [0.25, 0.3) is 5.91 Å². The fourth-order valence-corrected chi connectivity index (χ4v) is 5.76. The van der Waals surface area contributed by atoms with E-state index in [-0.39, 0.29) is 18.3 Å². The zero-order chi connectivity index (χ0) is 30.5. The van der Waals surface area contributed by atoms with Crippen LogP contribution in [0.2, 0.25) is 0 Å². The van der Waals surface area contributed by atoms with Crippen molar-refractivity contribution in [1.29, 1.82) is 0 Å². The number of likely N-dealkylation sites (N-methyl/N-ethyl adjacent to an activating group) is 1. The van der Waals surface area contributed by atoms with Crippen molar-refractivity contribution in [3.63, 3.8) is 0 Å². The predicted molar refractivity (Wildman–Crippen MR) is 155 cm³/mol. The number of hydrogen-bond acceptors (Lipinski definition) is 7. The highest BCUT2D eigenvalue weighted by molar-refractivity contribution is 6.13. The van der Waals surface area contributed by atoms with Gasteiger partial charge in [-0.25, -0.2) is 9.99 Å². The summed E-state index contributed by atoms with van der Waals surface area (Å²) in [6.07, 6.45) is -3.45. The van der Waals surface area contributed by atoms with Gasteiger partial charge in [-0.3, -0.25) is 20.0 Å². The maximum atomic E-state index is 13.6. The number of pyridine rings is 1. The van der Waals surface area contributed by atoms with E-state index < -0.39 is 30.6 Å². The zero-order valence-corrected chi connectivity index (χ0v) is 23.3. The number of fused-ring (bicyclic) bond motifs is 2. The van der Waals surface area contributed by atoms with E-state index in [4.69, 9.17) is 4.74 Å². The number of aromatic nitrogens is 1. The van der Waals surface area contributed by atoms with Crippen LogP contribution in [0.15, 0.2) is 78.3 Å². The molecule has 0 radical (unpaired) electrons. The molecule has 0 saturated carbocycles. The second-order valence-corrected chi connectivity index (χ2v) is 10.5. The highest BCUT2D eigenvalue weighted by Crippen LogP contribution is 2.49. The molecule has 2 N–H and O–H groups in total.